The normalized spacial score (nSPS) is 13.1. The summed E-state index contributed by atoms with van der Waals surface area (Å²) in [6.45, 7) is 6.17. The summed E-state index contributed by atoms with van der Waals surface area (Å²) in [6.07, 6.45) is 3.56. The second kappa shape index (κ2) is 8.13. The highest BCUT2D eigenvalue weighted by molar-refractivity contribution is 5.85. The number of aryl methyl sites for hydroxylation is 3. The molecule has 2 aromatic rings. The van der Waals surface area contributed by atoms with E-state index in [1.807, 2.05) is 20.2 Å². The van der Waals surface area contributed by atoms with Crippen LogP contribution in [-0.4, -0.2) is 22.7 Å². The number of likely N-dealkylation sites (N-methyl/N-ethyl adjacent to an activating group) is 1. The van der Waals surface area contributed by atoms with E-state index in [9.17, 15) is 4.79 Å². The molecule has 0 aliphatic heterocycles. The number of hydrogen-bond donors (Lipinski definition) is 2. The number of aromatic nitrogens is 2. The second-order valence-electron chi connectivity index (χ2n) is 5.74. The van der Waals surface area contributed by atoms with Crippen LogP contribution in [0, 0.1) is 13.8 Å². The Bertz CT molecular complexity index is 668. The standard InChI is InChI=1S/C17H24N4O.ClH/c1-11-6-7-14(8-12(11)2)13(3)20-17(22)16(18-4)15-9-19-21(5)10-15;/h6-10,13,16,18H,1-5H3,(H,20,22);1H. The lowest BCUT2D eigenvalue weighted by atomic mass is 10.0. The molecule has 2 unspecified atom stereocenters. The summed E-state index contributed by atoms with van der Waals surface area (Å²) >= 11 is 0. The van der Waals surface area contributed by atoms with Gasteiger partial charge in [0.2, 0.25) is 5.91 Å². The maximum atomic E-state index is 12.5. The zero-order valence-corrected chi connectivity index (χ0v) is 15.1. The number of nitrogens with zero attached hydrogens (tertiary/aromatic N) is 2. The highest BCUT2D eigenvalue weighted by atomic mass is 35.5. The first-order valence-electron chi connectivity index (χ1n) is 7.45. The minimum atomic E-state index is -0.400. The molecule has 1 heterocycles. The third kappa shape index (κ3) is 4.56. The molecule has 1 amide bonds. The number of hydrogen-bond acceptors (Lipinski definition) is 3. The average Bonchev–Trinajstić information content (AvgIpc) is 2.89. The van der Waals surface area contributed by atoms with Crippen molar-refractivity contribution < 1.29 is 4.79 Å². The molecule has 2 rings (SSSR count). The van der Waals surface area contributed by atoms with Gasteiger partial charge >= 0.3 is 0 Å². The molecule has 0 aliphatic rings. The molecule has 0 bridgehead atoms. The van der Waals surface area contributed by atoms with Gasteiger partial charge in [0.15, 0.2) is 0 Å². The summed E-state index contributed by atoms with van der Waals surface area (Å²) in [7, 11) is 3.61. The molecule has 23 heavy (non-hydrogen) atoms. The molecular formula is C17H25ClN4O. The highest BCUT2D eigenvalue weighted by Gasteiger charge is 2.22. The number of carbonyl (C=O) groups is 1. The SMILES string of the molecule is CNC(C(=O)NC(C)c1ccc(C)c(C)c1)c1cnn(C)c1.Cl. The summed E-state index contributed by atoms with van der Waals surface area (Å²) in [4.78, 5) is 12.5. The molecule has 0 radical (unpaired) electrons. The quantitative estimate of drug-likeness (QED) is 0.882. The van der Waals surface area contributed by atoms with Crippen LogP contribution in [0.3, 0.4) is 0 Å². The lowest BCUT2D eigenvalue weighted by Gasteiger charge is -2.20. The summed E-state index contributed by atoms with van der Waals surface area (Å²) in [5.41, 5.74) is 4.45. The topological polar surface area (TPSA) is 59.0 Å². The van der Waals surface area contributed by atoms with E-state index >= 15 is 0 Å². The zero-order chi connectivity index (χ0) is 16.3. The highest BCUT2D eigenvalue weighted by Crippen LogP contribution is 2.18. The van der Waals surface area contributed by atoms with Crippen LogP contribution in [0.4, 0.5) is 0 Å². The molecule has 2 N–H and O–H groups in total. The van der Waals surface area contributed by atoms with Crippen LogP contribution >= 0.6 is 12.4 Å². The Morgan fingerprint density at radius 3 is 2.43 bits per heavy atom. The van der Waals surface area contributed by atoms with E-state index < -0.39 is 6.04 Å². The van der Waals surface area contributed by atoms with Crippen LogP contribution in [0.5, 0.6) is 0 Å². The van der Waals surface area contributed by atoms with Gasteiger partial charge in [-0.3, -0.25) is 9.48 Å². The van der Waals surface area contributed by atoms with Gasteiger partial charge in [0.05, 0.1) is 12.2 Å². The molecule has 0 spiro atoms. The van der Waals surface area contributed by atoms with Crippen molar-refractivity contribution in [2.24, 2.45) is 7.05 Å². The van der Waals surface area contributed by atoms with E-state index in [4.69, 9.17) is 0 Å². The molecule has 2 atom stereocenters. The van der Waals surface area contributed by atoms with E-state index in [2.05, 4.69) is 47.8 Å². The molecule has 6 heteroatoms. The van der Waals surface area contributed by atoms with Crippen molar-refractivity contribution in [3.8, 4) is 0 Å². The smallest absolute Gasteiger partial charge is 0.242 e. The molecule has 0 saturated heterocycles. The number of carbonyl (C=O) groups excluding carboxylic acids is 1. The molecule has 0 fully saturated rings. The Labute approximate surface area is 143 Å². The lowest BCUT2D eigenvalue weighted by molar-refractivity contribution is -0.123. The maximum Gasteiger partial charge on any atom is 0.242 e. The number of nitrogens with one attached hydrogen (secondary N) is 2. The van der Waals surface area contributed by atoms with Gasteiger partial charge in [0.25, 0.3) is 0 Å². The fourth-order valence-corrected chi connectivity index (χ4v) is 2.45. The fourth-order valence-electron chi connectivity index (χ4n) is 2.45. The van der Waals surface area contributed by atoms with Gasteiger partial charge < -0.3 is 10.6 Å². The monoisotopic (exact) mass is 336 g/mol. The molecule has 0 saturated carbocycles. The van der Waals surface area contributed by atoms with Crippen molar-refractivity contribution in [2.45, 2.75) is 32.9 Å². The number of rotatable bonds is 5. The van der Waals surface area contributed by atoms with E-state index in [1.165, 1.54) is 11.1 Å². The van der Waals surface area contributed by atoms with Gasteiger partial charge in [0.1, 0.15) is 6.04 Å². The van der Waals surface area contributed by atoms with Gasteiger partial charge in [-0.1, -0.05) is 18.2 Å². The predicted octanol–water partition coefficient (Wildman–Crippen LogP) is 2.60. The number of halogens is 1. The van der Waals surface area contributed by atoms with Crippen molar-refractivity contribution in [2.75, 3.05) is 7.05 Å². The Balaban J connectivity index is 0.00000264. The average molecular weight is 337 g/mol. The van der Waals surface area contributed by atoms with Crippen molar-refractivity contribution in [3.63, 3.8) is 0 Å². The molecule has 126 valence electrons. The van der Waals surface area contributed by atoms with Crippen LogP contribution in [0.25, 0.3) is 0 Å². The largest absolute Gasteiger partial charge is 0.348 e. The van der Waals surface area contributed by atoms with Crippen LogP contribution in [0.1, 0.15) is 41.3 Å². The van der Waals surface area contributed by atoms with Crippen molar-refractivity contribution in [1.82, 2.24) is 20.4 Å². The van der Waals surface area contributed by atoms with Gasteiger partial charge in [-0.05, 0) is 44.5 Å². The minimum Gasteiger partial charge on any atom is -0.348 e. The Morgan fingerprint density at radius 2 is 1.91 bits per heavy atom. The van der Waals surface area contributed by atoms with Crippen molar-refractivity contribution in [1.29, 1.82) is 0 Å². The Kier molecular flexibility index (Phi) is 6.79. The first kappa shape index (κ1) is 19.2. The molecular weight excluding hydrogens is 312 g/mol. The summed E-state index contributed by atoms with van der Waals surface area (Å²) in [5.74, 6) is -0.0544. The van der Waals surface area contributed by atoms with Gasteiger partial charge in [0, 0.05) is 18.8 Å². The summed E-state index contributed by atoms with van der Waals surface area (Å²) in [6, 6.07) is 5.83. The van der Waals surface area contributed by atoms with Gasteiger partial charge in [-0.15, -0.1) is 12.4 Å². The summed E-state index contributed by atoms with van der Waals surface area (Å²) < 4.78 is 1.69. The van der Waals surface area contributed by atoms with Crippen molar-refractivity contribution in [3.05, 3.63) is 52.8 Å². The van der Waals surface area contributed by atoms with Crippen LogP contribution in [0.2, 0.25) is 0 Å². The number of amides is 1. The second-order valence-corrected chi connectivity index (χ2v) is 5.74. The maximum absolute atomic E-state index is 12.5. The third-order valence-electron chi connectivity index (χ3n) is 4.00. The van der Waals surface area contributed by atoms with Crippen molar-refractivity contribution >= 4 is 18.3 Å². The van der Waals surface area contributed by atoms with E-state index in [-0.39, 0.29) is 24.4 Å². The zero-order valence-electron chi connectivity index (χ0n) is 14.3. The fraction of sp³-hybridized carbons (Fsp3) is 0.412. The number of benzene rings is 1. The van der Waals surface area contributed by atoms with Crippen LogP contribution in [-0.2, 0) is 11.8 Å². The molecule has 1 aromatic heterocycles. The third-order valence-corrected chi connectivity index (χ3v) is 4.00. The van der Waals surface area contributed by atoms with E-state index in [0.717, 1.165) is 11.1 Å². The predicted molar refractivity (Wildman–Crippen MR) is 94.7 cm³/mol. The molecule has 0 aliphatic carbocycles. The van der Waals surface area contributed by atoms with Gasteiger partial charge in [-0.2, -0.15) is 5.10 Å². The Morgan fingerprint density at radius 1 is 1.22 bits per heavy atom. The first-order valence-corrected chi connectivity index (χ1v) is 7.45. The van der Waals surface area contributed by atoms with Gasteiger partial charge in [-0.25, -0.2) is 0 Å². The summed E-state index contributed by atoms with van der Waals surface area (Å²) in [5, 5.41) is 10.2. The van der Waals surface area contributed by atoms with Crippen LogP contribution < -0.4 is 10.6 Å². The molecule has 1 aromatic carbocycles. The molecule has 5 nitrogen and oxygen atoms in total. The minimum absolute atomic E-state index is 0. The Hall–Kier alpha value is -1.85. The van der Waals surface area contributed by atoms with E-state index in [0.29, 0.717) is 0 Å². The lowest BCUT2D eigenvalue weighted by Crippen LogP contribution is -2.37. The first-order chi connectivity index (χ1) is 10.4. The van der Waals surface area contributed by atoms with Crippen LogP contribution in [0.15, 0.2) is 30.6 Å². The van der Waals surface area contributed by atoms with E-state index in [1.54, 1.807) is 17.9 Å².